The summed E-state index contributed by atoms with van der Waals surface area (Å²) < 4.78 is 32.5. The van der Waals surface area contributed by atoms with Crippen LogP contribution in [0.1, 0.15) is 39.5 Å². The van der Waals surface area contributed by atoms with E-state index >= 15 is 8.78 Å². The van der Waals surface area contributed by atoms with Crippen LogP contribution in [0.15, 0.2) is 22.8 Å². The molecule has 1 unspecified atom stereocenters. The lowest BCUT2D eigenvalue weighted by molar-refractivity contribution is -0.227. The number of carbonyl (C=O) groups excluding carboxylic acids is 2. The molecule has 11 heteroatoms. The fourth-order valence-corrected chi connectivity index (χ4v) is 7.50. The van der Waals surface area contributed by atoms with E-state index in [2.05, 4.69) is 0 Å². The third-order valence-corrected chi connectivity index (χ3v) is 9.25. The van der Waals surface area contributed by atoms with Crippen molar-refractivity contribution in [2.75, 3.05) is 0 Å². The average Bonchev–Trinajstić information content (AvgIpc) is 2.93. The topological polar surface area (TPSA) is 152 Å². The van der Waals surface area contributed by atoms with Crippen LogP contribution in [0.5, 0.6) is 0 Å². The molecule has 0 saturated heterocycles. The van der Waals surface area contributed by atoms with Crippen LogP contribution < -0.4 is 0 Å². The Kier molecular flexibility index (Phi) is 5.70. The highest BCUT2D eigenvalue weighted by atomic mass is 35.5. The monoisotopic (exact) mass is 504 g/mol. The second-order valence-corrected chi connectivity index (χ2v) is 10.9. The molecule has 0 heterocycles. The zero-order valence-corrected chi connectivity index (χ0v) is 19.3. The molecule has 10 atom stereocenters. The van der Waals surface area contributed by atoms with Crippen molar-refractivity contribution in [2.24, 2.45) is 22.7 Å². The van der Waals surface area contributed by atoms with Gasteiger partial charge in [-0.1, -0.05) is 18.5 Å². The average molecular weight is 505 g/mol. The summed E-state index contributed by atoms with van der Waals surface area (Å²) in [5, 5.41) is 52.1. The number of ketones is 2. The first-order valence-electron chi connectivity index (χ1n) is 11.1. The van der Waals surface area contributed by atoms with E-state index in [1.54, 1.807) is 0 Å². The van der Waals surface area contributed by atoms with Crippen LogP contribution >= 0.6 is 11.6 Å². The van der Waals surface area contributed by atoms with E-state index in [0.29, 0.717) is 0 Å². The van der Waals surface area contributed by atoms with E-state index in [9.17, 15) is 34.8 Å². The van der Waals surface area contributed by atoms with Crippen molar-refractivity contribution >= 4 is 29.1 Å². The van der Waals surface area contributed by atoms with E-state index in [-0.39, 0.29) is 17.0 Å². The number of carboxylic acids is 1. The summed E-state index contributed by atoms with van der Waals surface area (Å²) in [4.78, 5) is 36.1. The Morgan fingerprint density at radius 2 is 1.82 bits per heavy atom. The minimum Gasteiger partial charge on any atom is -0.481 e. The lowest BCUT2D eigenvalue weighted by Gasteiger charge is -2.63. The summed E-state index contributed by atoms with van der Waals surface area (Å²) in [7, 11) is 0. The van der Waals surface area contributed by atoms with Crippen molar-refractivity contribution in [2.45, 2.75) is 75.3 Å². The molecule has 0 radical (unpaired) electrons. The molecule has 3 saturated carbocycles. The zero-order chi connectivity index (χ0) is 25.6. The van der Waals surface area contributed by atoms with Gasteiger partial charge in [0.25, 0.3) is 0 Å². The van der Waals surface area contributed by atoms with Crippen molar-refractivity contribution < 1.29 is 48.7 Å². The molecule has 4 aliphatic rings. The molecule has 34 heavy (non-hydrogen) atoms. The molecule has 0 aliphatic heterocycles. The lowest BCUT2D eigenvalue weighted by Crippen LogP contribution is -2.71. The van der Waals surface area contributed by atoms with E-state index in [0.717, 1.165) is 12.2 Å². The molecule has 5 N–H and O–H groups in total. The summed E-state index contributed by atoms with van der Waals surface area (Å²) in [6.45, 7) is 2.67. The number of rotatable bonds is 4. The van der Waals surface area contributed by atoms with Crippen LogP contribution in [-0.4, -0.2) is 78.8 Å². The highest BCUT2D eigenvalue weighted by molar-refractivity contribution is 6.44. The Morgan fingerprint density at radius 1 is 1.21 bits per heavy atom. The van der Waals surface area contributed by atoms with Gasteiger partial charge in [-0.05, 0) is 49.8 Å². The van der Waals surface area contributed by atoms with Crippen LogP contribution in [0.4, 0.5) is 8.78 Å². The van der Waals surface area contributed by atoms with Crippen molar-refractivity contribution in [3.8, 4) is 0 Å². The van der Waals surface area contributed by atoms with Crippen molar-refractivity contribution in [1.29, 1.82) is 0 Å². The smallest absolute Gasteiger partial charge is 0.306 e. The van der Waals surface area contributed by atoms with Gasteiger partial charge >= 0.3 is 5.97 Å². The molecule has 3 fully saturated rings. The van der Waals surface area contributed by atoms with Crippen LogP contribution in [0.25, 0.3) is 0 Å². The maximum atomic E-state index is 17.1. The zero-order valence-electron chi connectivity index (χ0n) is 18.5. The Hall–Kier alpha value is -1.72. The molecule has 4 aliphatic carbocycles. The maximum Gasteiger partial charge on any atom is 0.306 e. The molecule has 8 nitrogen and oxygen atoms in total. The number of carboxylic acid groups (broad SMARTS) is 1. The first-order valence-corrected chi connectivity index (χ1v) is 11.4. The van der Waals surface area contributed by atoms with E-state index in [4.69, 9.17) is 16.7 Å². The fourth-order valence-electron chi connectivity index (χ4n) is 7.23. The third kappa shape index (κ3) is 2.92. The van der Waals surface area contributed by atoms with Crippen LogP contribution in [0.3, 0.4) is 0 Å². The van der Waals surface area contributed by atoms with Crippen LogP contribution in [0.2, 0.25) is 0 Å². The second-order valence-electron chi connectivity index (χ2n) is 10.5. The van der Waals surface area contributed by atoms with Gasteiger partial charge in [-0.15, -0.1) is 0 Å². The summed E-state index contributed by atoms with van der Waals surface area (Å²) >= 11 is 5.99. The minimum absolute atomic E-state index is 0.162. The number of halogens is 3. The molecule has 188 valence electrons. The van der Waals surface area contributed by atoms with E-state index in [1.165, 1.54) is 13.8 Å². The molecule has 0 spiro atoms. The second kappa shape index (κ2) is 7.64. The first-order chi connectivity index (χ1) is 15.6. The van der Waals surface area contributed by atoms with Crippen LogP contribution in [0, 0.1) is 22.7 Å². The Balaban J connectivity index is 1.82. The number of hydrogen-bond acceptors (Lipinski definition) is 7. The van der Waals surface area contributed by atoms with Gasteiger partial charge in [0.2, 0.25) is 0 Å². The number of alkyl halides is 2. The van der Waals surface area contributed by atoms with Gasteiger partial charge in [0.05, 0.1) is 23.7 Å². The molecule has 0 aromatic heterocycles. The lowest BCUT2D eigenvalue weighted by atomic mass is 9.44. The molecule has 0 bridgehead atoms. The standard InChI is InChI=1S/C23H27ClF2O8/c1-20-7-12(24)14(27)4-11(20)13(25)3-10-9-5-16(29)23(34,19(33)15(28)6-18(31)32)21(9,2)8-17(30)22(10,20)26/h4,7,9-10,13,15-17,28-30,34H,3,5-6,8H2,1-2H3,(H,31,32)/t9-,10-,13+,15?,16+,17-,20-,21-,22-,23-/m0/s1. The Labute approximate surface area is 198 Å². The molecule has 4 rings (SSSR count). The van der Waals surface area contributed by atoms with Gasteiger partial charge in [0.1, 0.15) is 12.3 Å². The largest absolute Gasteiger partial charge is 0.481 e. The van der Waals surface area contributed by atoms with Gasteiger partial charge in [-0.25, -0.2) is 8.78 Å². The number of allylic oxidation sites excluding steroid dienone is 4. The highest BCUT2D eigenvalue weighted by Gasteiger charge is 2.77. The summed E-state index contributed by atoms with van der Waals surface area (Å²) in [6, 6.07) is 0. The molecule has 0 amide bonds. The van der Waals surface area contributed by atoms with Gasteiger partial charge in [-0.2, -0.15) is 0 Å². The quantitative estimate of drug-likeness (QED) is 0.380. The predicted molar refractivity (Wildman–Crippen MR) is 113 cm³/mol. The molecular formula is C23H27ClF2O8. The van der Waals surface area contributed by atoms with Crippen LogP contribution in [-0.2, 0) is 14.4 Å². The van der Waals surface area contributed by atoms with E-state index in [1.807, 2.05) is 0 Å². The summed E-state index contributed by atoms with van der Waals surface area (Å²) in [6.07, 6.45) is -8.02. The molecule has 0 aromatic rings. The normalized spacial score (nSPS) is 48.7. The van der Waals surface area contributed by atoms with Crippen molar-refractivity contribution in [3.05, 3.63) is 22.8 Å². The van der Waals surface area contributed by atoms with Gasteiger partial charge in [-0.3, -0.25) is 14.4 Å². The summed E-state index contributed by atoms with van der Waals surface area (Å²) in [5.41, 5.74) is -8.93. The first kappa shape index (κ1) is 25.4. The Bertz CT molecular complexity index is 1030. The van der Waals surface area contributed by atoms with Crippen molar-refractivity contribution in [3.63, 3.8) is 0 Å². The Morgan fingerprint density at radius 3 is 2.41 bits per heavy atom. The fraction of sp³-hybridized carbons (Fsp3) is 0.696. The third-order valence-electron chi connectivity index (χ3n) is 8.95. The molecular weight excluding hydrogens is 478 g/mol. The number of carbonyl (C=O) groups is 3. The van der Waals surface area contributed by atoms with E-state index < -0.39 is 95.2 Å². The number of aliphatic hydroxyl groups excluding tert-OH is 3. The van der Waals surface area contributed by atoms with Gasteiger partial charge < -0.3 is 25.5 Å². The number of fused-ring (bicyclic) bond motifs is 5. The maximum absolute atomic E-state index is 17.1. The predicted octanol–water partition coefficient (Wildman–Crippen LogP) is 0.978. The SMILES string of the molecule is C[C@]12C=C(Cl)C(=O)C=C1[C@H](F)C[C@H]1[C@@H]3C[C@@H](O)[C@](O)(C(=O)C(O)CC(=O)O)[C@@]3(C)C[C@H](O)[C@@]12F. The van der Waals surface area contributed by atoms with Crippen molar-refractivity contribution in [1.82, 2.24) is 0 Å². The number of aliphatic hydroxyl groups is 4. The van der Waals surface area contributed by atoms with Gasteiger partial charge in [0.15, 0.2) is 22.8 Å². The number of Topliss-reactive ketones (excluding diaryl/α,β-unsaturated/α-hetero) is 1. The molecule has 0 aromatic carbocycles. The number of hydrogen-bond donors (Lipinski definition) is 5. The number of aliphatic carboxylic acids is 1. The summed E-state index contributed by atoms with van der Waals surface area (Å²) in [5.74, 6) is -5.88. The highest BCUT2D eigenvalue weighted by Crippen LogP contribution is 2.70. The minimum atomic E-state index is -2.70. The van der Waals surface area contributed by atoms with Gasteiger partial charge in [0, 0.05) is 16.7 Å².